The minimum atomic E-state index is -0.605. The maximum Gasteiger partial charge on any atom is 0.287 e. The zero-order valence-corrected chi connectivity index (χ0v) is 16.8. The van der Waals surface area contributed by atoms with Crippen LogP contribution in [0.15, 0.2) is 76.8 Å². The molecule has 0 saturated heterocycles. The number of carbonyl (C=O) groups is 2. The molecule has 0 spiro atoms. The molecule has 0 fully saturated rings. The van der Waals surface area contributed by atoms with Crippen molar-refractivity contribution >= 4 is 35.4 Å². The maximum absolute atomic E-state index is 12.6. The average molecular weight is 421 g/mol. The number of phenolic OH excluding ortho intramolecular Hbond substituents is 1. The van der Waals surface area contributed by atoms with Crippen molar-refractivity contribution in [2.24, 2.45) is 5.10 Å². The zero-order valence-electron chi connectivity index (χ0n) is 16.0. The van der Waals surface area contributed by atoms with E-state index in [0.29, 0.717) is 16.9 Å². The van der Waals surface area contributed by atoms with Gasteiger partial charge in [0, 0.05) is 16.0 Å². The van der Waals surface area contributed by atoms with Crippen LogP contribution in [0.3, 0.4) is 0 Å². The molecule has 3 rings (SSSR count). The van der Waals surface area contributed by atoms with E-state index in [1.54, 1.807) is 48.5 Å². The number of ether oxygens (including phenoxy) is 1. The summed E-state index contributed by atoms with van der Waals surface area (Å²) in [6.45, 7) is 0. The molecule has 0 aliphatic rings. The van der Waals surface area contributed by atoms with E-state index in [1.165, 1.54) is 30.7 Å². The molecule has 1 aromatic heterocycles. The molecule has 0 aliphatic heterocycles. The fourth-order valence-corrected chi connectivity index (χ4v) is 3.10. The highest BCUT2D eigenvalue weighted by Gasteiger charge is 2.14. The molecule has 0 unspecified atom stereocenters. The van der Waals surface area contributed by atoms with E-state index >= 15 is 0 Å². The highest BCUT2D eigenvalue weighted by molar-refractivity contribution is 7.10. The summed E-state index contributed by atoms with van der Waals surface area (Å²) in [5, 5.41) is 18.3. The third-order valence-electron chi connectivity index (χ3n) is 3.96. The number of rotatable bonds is 7. The molecule has 8 heteroatoms. The Morgan fingerprint density at radius 1 is 1.10 bits per heavy atom. The summed E-state index contributed by atoms with van der Waals surface area (Å²) in [7, 11) is 1.51. The minimum absolute atomic E-state index is 0.0134. The third kappa shape index (κ3) is 5.55. The molecule has 152 valence electrons. The summed E-state index contributed by atoms with van der Waals surface area (Å²) in [6, 6.07) is 16.9. The molecule has 0 bridgehead atoms. The number of nitrogens with one attached hydrogen (secondary N) is 2. The number of carbonyl (C=O) groups excluding carboxylic acids is 2. The Morgan fingerprint density at radius 2 is 1.90 bits per heavy atom. The largest absolute Gasteiger partial charge is 0.507 e. The fraction of sp³-hybridized carbons (Fsp3) is 0.0455. The molecule has 2 aromatic carbocycles. The molecule has 30 heavy (non-hydrogen) atoms. The van der Waals surface area contributed by atoms with Crippen molar-refractivity contribution in [1.29, 1.82) is 0 Å². The second kappa shape index (κ2) is 10.0. The van der Waals surface area contributed by atoms with Crippen molar-refractivity contribution in [3.05, 3.63) is 87.7 Å². The Balaban J connectivity index is 1.76. The van der Waals surface area contributed by atoms with Crippen LogP contribution in [0.2, 0.25) is 0 Å². The lowest BCUT2D eigenvalue weighted by atomic mass is 10.2. The predicted molar refractivity (Wildman–Crippen MR) is 117 cm³/mol. The van der Waals surface area contributed by atoms with E-state index in [1.807, 2.05) is 17.5 Å². The van der Waals surface area contributed by atoms with Crippen LogP contribution in [-0.4, -0.2) is 30.2 Å². The summed E-state index contributed by atoms with van der Waals surface area (Å²) in [5.41, 5.74) is 3.20. The number of amides is 2. The zero-order chi connectivity index (χ0) is 21.3. The molecule has 7 nitrogen and oxygen atoms in total. The molecule has 0 atom stereocenters. The standard InChI is InChI=1S/C22H19N3O4S/c1-29-17-9-10-20(26)16(12-17)14-23-25-22(28)19(13-18-8-5-11-30-18)24-21(27)15-6-3-2-4-7-15/h2-14,26H,1H3,(H,24,27)(H,25,28). The topological polar surface area (TPSA) is 100 Å². The van der Waals surface area contributed by atoms with Crippen LogP contribution >= 0.6 is 11.3 Å². The van der Waals surface area contributed by atoms with Crippen molar-refractivity contribution in [2.45, 2.75) is 0 Å². The quantitative estimate of drug-likeness (QED) is 0.309. The van der Waals surface area contributed by atoms with Gasteiger partial charge in [-0.25, -0.2) is 5.43 Å². The number of thiophene rings is 1. The fourth-order valence-electron chi connectivity index (χ4n) is 2.44. The molecule has 3 N–H and O–H groups in total. The lowest BCUT2D eigenvalue weighted by Gasteiger charge is -2.09. The number of aromatic hydroxyl groups is 1. The summed E-state index contributed by atoms with van der Waals surface area (Å²) < 4.78 is 5.10. The number of hydrazone groups is 1. The number of methoxy groups -OCH3 is 1. The van der Waals surface area contributed by atoms with Crippen LogP contribution in [0, 0.1) is 0 Å². The van der Waals surface area contributed by atoms with Gasteiger partial charge in [-0.15, -0.1) is 11.3 Å². The third-order valence-corrected chi connectivity index (χ3v) is 4.78. The second-order valence-corrected chi connectivity index (χ2v) is 7.00. The maximum atomic E-state index is 12.6. The summed E-state index contributed by atoms with van der Waals surface area (Å²) in [6.07, 6.45) is 2.86. The van der Waals surface area contributed by atoms with Crippen molar-refractivity contribution in [2.75, 3.05) is 7.11 Å². The van der Waals surface area contributed by atoms with Gasteiger partial charge in [0.15, 0.2) is 0 Å². The number of hydrogen-bond donors (Lipinski definition) is 3. The Morgan fingerprint density at radius 3 is 2.60 bits per heavy atom. The molecule has 2 amide bonds. The van der Waals surface area contributed by atoms with Crippen LogP contribution in [0.1, 0.15) is 20.8 Å². The Hall–Kier alpha value is -3.91. The summed E-state index contributed by atoms with van der Waals surface area (Å²) >= 11 is 1.43. The first kappa shape index (κ1) is 20.8. The van der Waals surface area contributed by atoms with Crippen molar-refractivity contribution < 1.29 is 19.4 Å². The van der Waals surface area contributed by atoms with Gasteiger partial charge in [0.05, 0.1) is 13.3 Å². The molecular weight excluding hydrogens is 402 g/mol. The van der Waals surface area contributed by atoms with Crippen molar-refractivity contribution in [1.82, 2.24) is 10.7 Å². The van der Waals surface area contributed by atoms with Crippen molar-refractivity contribution in [3.63, 3.8) is 0 Å². The van der Waals surface area contributed by atoms with Gasteiger partial charge in [0.1, 0.15) is 17.2 Å². The second-order valence-electron chi connectivity index (χ2n) is 6.02. The predicted octanol–water partition coefficient (Wildman–Crippen LogP) is 3.38. The summed E-state index contributed by atoms with van der Waals surface area (Å²) in [5.74, 6) is -0.496. The Kier molecular flexibility index (Phi) is 6.96. The minimum Gasteiger partial charge on any atom is -0.507 e. The van der Waals surface area contributed by atoms with Crippen LogP contribution in [-0.2, 0) is 4.79 Å². The van der Waals surface area contributed by atoms with Gasteiger partial charge in [-0.2, -0.15) is 5.10 Å². The van der Waals surface area contributed by atoms with E-state index < -0.39 is 11.8 Å². The molecule has 0 saturated carbocycles. The number of phenols is 1. The van der Waals surface area contributed by atoms with Gasteiger partial charge in [-0.05, 0) is 47.9 Å². The van der Waals surface area contributed by atoms with Gasteiger partial charge >= 0.3 is 0 Å². The molecule has 0 radical (unpaired) electrons. The van der Waals surface area contributed by atoms with Gasteiger partial charge in [-0.3, -0.25) is 9.59 Å². The molecule has 0 aliphatic carbocycles. The van der Waals surface area contributed by atoms with Crippen LogP contribution in [0.5, 0.6) is 11.5 Å². The Bertz CT molecular complexity index is 1080. The smallest absolute Gasteiger partial charge is 0.287 e. The van der Waals surface area contributed by atoms with E-state index in [-0.39, 0.29) is 11.4 Å². The van der Waals surface area contributed by atoms with Crippen LogP contribution in [0.4, 0.5) is 0 Å². The van der Waals surface area contributed by atoms with Gasteiger partial charge in [-0.1, -0.05) is 24.3 Å². The number of nitrogens with zero attached hydrogens (tertiary/aromatic N) is 1. The monoisotopic (exact) mass is 421 g/mol. The van der Waals surface area contributed by atoms with Gasteiger partial charge in [0.2, 0.25) is 0 Å². The van der Waals surface area contributed by atoms with E-state index in [9.17, 15) is 14.7 Å². The SMILES string of the molecule is COc1ccc(O)c(C=NNC(=O)C(=Cc2cccs2)NC(=O)c2ccccc2)c1. The first-order valence-electron chi connectivity index (χ1n) is 8.89. The molecular formula is C22H19N3O4S. The number of hydrogen-bond acceptors (Lipinski definition) is 6. The molecule has 1 heterocycles. The van der Waals surface area contributed by atoms with Crippen LogP contribution < -0.4 is 15.5 Å². The van der Waals surface area contributed by atoms with E-state index in [2.05, 4.69) is 15.8 Å². The van der Waals surface area contributed by atoms with Crippen LogP contribution in [0.25, 0.3) is 6.08 Å². The van der Waals surface area contributed by atoms with Gasteiger partial charge in [0.25, 0.3) is 11.8 Å². The normalized spacial score (nSPS) is 11.3. The average Bonchev–Trinajstić information content (AvgIpc) is 3.28. The summed E-state index contributed by atoms with van der Waals surface area (Å²) in [4.78, 5) is 25.9. The van der Waals surface area contributed by atoms with Crippen molar-refractivity contribution in [3.8, 4) is 11.5 Å². The van der Waals surface area contributed by atoms with Gasteiger partial charge < -0.3 is 15.2 Å². The lowest BCUT2D eigenvalue weighted by molar-refractivity contribution is -0.117. The first-order valence-corrected chi connectivity index (χ1v) is 9.77. The first-order chi connectivity index (χ1) is 14.6. The van der Waals surface area contributed by atoms with E-state index in [0.717, 1.165) is 4.88 Å². The number of benzene rings is 2. The highest BCUT2D eigenvalue weighted by Crippen LogP contribution is 2.21. The Labute approximate surface area is 177 Å². The highest BCUT2D eigenvalue weighted by atomic mass is 32.1. The van der Waals surface area contributed by atoms with E-state index in [4.69, 9.17) is 4.74 Å². The lowest BCUT2D eigenvalue weighted by Crippen LogP contribution is -2.32. The molecule has 3 aromatic rings.